The van der Waals surface area contributed by atoms with Gasteiger partial charge in [0.25, 0.3) is 0 Å². The summed E-state index contributed by atoms with van der Waals surface area (Å²) in [4.78, 5) is 10.9. The number of aliphatic hydroxyl groups excluding tert-OH is 1. The van der Waals surface area contributed by atoms with Gasteiger partial charge in [-0.3, -0.25) is 10.1 Å². The maximum absolute atomic E-state index is 10.9. The van der Waals surface area contributed by atoms with E-state index in [0.717, 1.165) is 12.8 Å². The van der Waals surface area contributed by atoms with E-state index in [1.807, 2.05) is 0 Å². The highest BCUT2D eigenvalue weighted by atomic mass is 16.5. The molecule has 0 amide bonds. The second kappa shape index (κ2) is 3.69. The first-order chi connectivity index (χ1) is 5.27. The Labute approximate surface area is 65.5 Å². The van der Waals surface area contributed by atoms with E-state index in [1.165, 1.54) is 7.11 Å². The summed E-state index contributed by atoms with van der Waals surface area (Å²) in [5.41, 5.74) is 0. The van der Waals surface area contributed by atoms with Gasteiger partial charge in [0, 0.05) is 6.04 Å². The molecule has 1 saturated heterocycles. The maximum atomic E-state index is 10.9. The third-order valence-corrected chi connectivity index (χ3v) is 1.95. The second-order valence-corrected chi connectivity index (χ2v) is 2.70. The van der Waals surface area contributed by atoms with Gasteiger partial charge in [0.05, 0.1) is 13.7 Å². The van der Waals surface area contributed by atoms with Crippen LogP contribution in [-0.2, 0) is 9.53 Å². The molecule has 64 valence electrons. The van der Waals surface area contributed by atoms with E-state index in [0.29, 0.717) is 0 Å². The Bertz CT molecular complexity index is 149. The summed E-state index contributed by atoms with van der Waals surface area (Å²) < 4.78 is 4.54. The summed E-state index contributed by atoms with van der Waals surface area (Å²) in [6.45, 7) is 0.0908. The van der Waals surface area contributed by atoms with Crippen LogP contribution in [0.15, 0.2) is 0 Å². The van der Waals surface area contributed by atoms with Crippen LogP contribution in [0, 0.1) is 0 Å². The lowest BCUT2D eigenvalue weighted by molar-refractivity contribution is -0.142. The Morgan fingerprint density at radius 2 is 2.45 bits per heavy atom. The molecule has 0 radical (unpaired) electrons. The first-order valence-corrected chi connectivity index (χ1v) is 3.72. The number of hydrogen-bond donors (Lipinski definition) is 2. The van der Waals surface area contributed by atoms with Crippen molar-refractivity contribution in [2.45, 2.75) is 24.9 Å². The van der Waals surface area contributed by atoms with Crippen LogP contribution in [0.25, 0.3) is 0 Å². The number of carbonyl (C=O) groups is 1. The Morgan fingerprint density at radius 1 is 1.73 bits per heavy atom. The molecule has 0 unspecified atom stereocenters. The Kier molecular flexibility index (Phi) is 2.84. The zero-order valence-corrected chi connectivity index (χ0v) is 6.54. The molecular weight excluding hydrogens is 146 g/mol. The van der Waals surface area contributed by atoms with Gasteiger partial charge in [-0.05, 0) is 12.8 Å². The molecule has 0 aromatic carbocycles. The SMILES string of the molecule is COC(=O)[C@H]1CC[C@@H](CO)N1. The van der Waals surface area contributed by atoms with Crippen molar-refractivity contribution in [1.29, 1.82) is 0 Å². The lowest BCUT2D eigenvalue weighted by atomic mass is 10.2. The monoisotopic (exact) mass is 159 g/mol. The van der Waals surface area contributed by atoms with Crippen molar-refractivity contribution in [3.63, 3.8) is 0 Å². The zero-order chi connectivity index (χ0) is 8.27. The highest BCUT2D eigenvalue weighted by Crippen LogP contribution is 2.12. The fraction of sp³-hybridized carbons (Fsp3) is 0.857. The van der Waals surface area contributed by atoms with Gasteiger partial charge in [0.15, 0.2) is 0 Å². The highest BCUT2D eigenvalue weighted by Gasteiger charge is 2.28. The van der Waals surface area contributed by atoms with E-state index in [4.69, 9.17) is 5.11 Å². The summed E-state index contributed by atoms with van der Waals surface area (Å²) in [5, 5.41) is 11.7. The third kappa shape index (κ3) is 1.91. The fourth-order valence-electron chi connectivity index (χ4n) is 1.29. The molecule has 2 N–H and O–H groups in total. The minimum atomic E-state index is -0.235. The van der Waals surface area contributed by atoms with Gasteiger partial charge in [0.1, 0.15) is 6.04 Å². The molecule has 1 aliphatic rings. The average molecular weight is 159 g/mol. The quantitative estimate of drug-likeness (QED) is 0.522. The first-order valence-electron chi connectivity index (χ1n) is 3.72. The number of ether oxygens (including phenoxy) is 1. The Balaban J connectivity index is 2.35. The highest BCUT2D eigenvalue weighted by molar-refractivity contribution is 5.76. The number of carbonyl (C=O) groups excluding carboxylic acids is 1. The van der Waals surface area contributed by atoms with Crippen LogP contribution in [0.5, 0.6) is 0 Å². The molecule has 0 spiro atoms. The molecule has 4 nitrogen and oxygen atoms in total. The molecule has 0 bridgehead atoms. The molecule has 1 aliphatic heterocycles. The van der Waals surface area contributed by atoms with Gasteiger partial charge in [-0.25, -0.2) is 0 Å². The summed E-state index contributed by atoms with van der Waals surface area (Å²) in [6, 6.07) is -0.142. The van der Waals surface area contributed by atoms with Crippen molar-refractivity contribution >= 4 is 5.97 Å². The van der Waals surface area contributed by atoms with Crippen LogP contribution in [0.3, 0.4) is 0 Å². The molecule has 1 fully saturated rings. The Hall–Kier alpha value is -0.610. The van der Waals surface area contributed by atoms with Crippen molar-refractivity contribution in [3.05, 3.63) is 0 Å². The van der Waals surface area contributed by atoms with Gasteiger partial charge >= 0.3 is 5.97 Å². The van der Waals surface area contributed by atoms with Crippen LogP contribution in [-0.4, -0.2) is 36.9 Å². The minimum absolute atomic E-state index is 0.0686. The first kappa shape index (κ1) is 8.49. The lowest BCUT2D eigenvalue weighted by Gasteiger charge is -2.09. The van der Waals surface area contributed by atoms with Crippen molar-refractivity contribution in [2.75, 3.05) is 13.7 Å². The smallest absolute Gasteiger partial charge is 0.322 e. The minimum Gasteiger partial charge on any atom is -0.468 e. The number of rotatable bonds is 2. The number of aliphatic hydroxyl groups is 1. The van der Waals surface area contributed by atoms with Gasteiger partial charge in [-0.1, -0.05) is 0 Å². The molecule has 2 atom stereocenters. The zero-order valence-electron chi connectivity index (χ0n) is 6.54. The summed E-state index contributed by atoms with van der Waals surface area (Å²) in [6.07, 6.45) is 1.61. The van der Waals surface area contributed by atoms with Crippen molar-refractivity contribution in [3.8, 4) is 0 Å². The predicted octanol–water partition coefficient (Wildman–Crippen LogP) is -0.728. The summed E-state index contributed by atoms with van der Waals surface area (Å²) in [7, 11) is 1.37. The predicted molar refractivity (Wildman–Crippen MR) is 39.0 cm³/mol. The van der Waals surface area contributed by atoms with E-state index < -0.39 is 0 Å². The number of nitrogens with one attached hydrogen (secondary N) is 1. The van der Waals surface area contributed by atoms with Crippen LogP contribution in [0.4, 0.5) is 0 Å². The molecule has 11 heavy (non-hydrogen) atoms. The van der Waals surface area contributed by atoms with E-state index in [2.05, 4.69) is 10.1 Å². The lowest BCUT2D eigenvalue weighted by Crippen LogP contribution is -2.37. The van der Waals surface area contributed by atoms with Crippen molar-refractivity contribution in [1.82, 2.24) is 5.32 Å². The van der Waals surface area contributed by atoms with Crippen LogP contribution in [0.2, 0.25) is 0 Å². The molecule has 0 aromatic rings. The standard InChI is InChI=1S/C7H13NO3/c1-11-7(10)6-3-2-5(4-9)8-6/h5-6,8-9H,2-4H2,1H3/t5-,6+/m0/s1. The van der Waals surface area contributed by atoms with Crippen molar-refractivity contribution in [2.24, 2.45) is 0 Å². The average Bonchev–Trinajstić information content (AvgIpc) is 2.50. The maximum Gasteiger partial charge on any atom is 0.322 e. The van der Waals surface area contributed by atoms with Crippen LogP contribution in [0.1, 0.15) is 12.8 Å². The summed E-state index contributed by atoms with van der Waals surface area (Å²) >= 11 is 0. The van der Waals surface area contributed by atoms with Crippen molar-refractivity contribution < 1.29 is 14.6 Å². The normalized spacial score (nSPS) is 30.4. The molecule has 1 heterocycles. The number of hydrogen-bond acceptors (Lipinski definition) is 4. The van der Waals surface area contributed by atoms with Gasteiger partial charge in [0.2, 0.25) is 0 Å². The molecular formula is C7H13NO3. The third-order valence-electron chi connectivity index (χ3n) is 1.95. The molecule has 4 heteroatoms. The van der Waals surface area contributed by atoms with Crippen LogP contribution >= 0.6 is 0 Å². The van der Waals surface area contributed by atoms with Gasteiger partial charge in [-0.2, -0.15) is 0 Å². The Morgan fingerprint density at radius 3 is 2.91 bits per heavy atom. The van der Waals surface area contributed by atoms with E-state index >= 15 is 0 Å². The molecule has 0 saturated carbocycles. The molecule has 1 rings (SSSR count). The van der Waals surface area contributed by atoms with E-state index in [-0.39, 0.29) is 24.7 Å². The van der Waals surface area contributed by atoms with E-state index in [1.54, 1.807) is 0 Å². The van der Waals surface area contributed by atoms with Crippen LogP contribution < -0.4 is 5.32 Å². The molecule has 0 aliphatic carbocycles. The van der Waals surface area contributed by atoms with Gasteiger partial charge in [-0.15, -0.1) is 0 Å². The molecule has 0 aromatic heterocycles. The van der Waals surface area contributed by atoms with Gasteiger partial charge < -0.3 is 9.84 Å². The summed E-state index contributed by atoms with van der Waals surface area (Å²) in [5.74, 6) is -0.235. The fourth-order valence-corrected chi connectivity index (χ4v) is 1.29. The topological polar surface area (TPSA) is 58.6 Å². The second-order valence-electron chi connectivity index (χ2n) is 2.70. The van der Waals surface area contributed by atoms with E-state index in [9.17, 15) is 4.79 Å². The largest absolute Gasteiger partial charge is 0.468 e. The number of methoxy groups -OCH3 is 1. The number of esters is 1.